The van der Waals surface area contributed by atoms with Gasteiger partial charge in [-0.3, -0.25) is 10.2 Å². The molecule has 0 bridgehead atoms. The molecule has 0 aromatic heterocycles. The Bertz CT molecular complexity index is 1080. The van der Waals surface area contributed by atoms with Crippen LogP contribution in [0.4, 0.5) is 32.0 Å². The number of aliphatic carboxylic acids is 3. The van der Waals surface area contributed by atoms with Crippen LogP contribution >= 0.6 is 0 Å². The van der Waals surface area contributed by atoms with E-state index in [1.54, 1.807) is 6.07 Å². The molecule has 15 heteroatoms. The summed E-state index contributed by atoms with van der Waals surface area (Å²) >= 11 is 0. The minimum atomic E-state index is -5.08. The Labute approximate surface area is 218 Å². The lowest BCUT2D eigenvalue weighted by Crippen LogP contribution is -2.21. The number of hydrogen-bond acceptors (Lipinski definition) is 5. The molecule has 0 aliphatic rings. The van der Waals surface area contributed by atoms with Gasteiger partial charge in [0.25, 0.3) is 0 Å². The molecule has 0 saturated heterocycles. The van der Waals surface area contributed by atoms with Crippen molar-refractivity contribution in [3.8, 4) is 0 Å². The quantitative estimate of drug-likeness (QED) is 0.0820. The van der Waals surface area contributed by atoms with Crippen LogP contribution in [-0.2, 0) is 20.8 Å². The summed E-state index contributed by atoms with van der Waals surface area (Å²) in [5, 5.41) is 31.0. The molecular formula is C24H27F6N3O6. The van der Waals surface area contributed by atoms with Gasteiger partial charge in [0.2, 0.25) is 0 Å². The summed E-state index contributed by atoms with van der Waals surface area (Å²) in [7, 11) is 0. The average molecular weight is 567 g/mol. The van der Waals surface area contributed by atoms with E-state index in [0.29, 0.717) is 5.56 Å². The number of halogens is 6. The number of anilines is 1. The highest BCUT2D eigenvalue weighted by molar-refractivity contribution is 5.95. The highest BCUT2D eigenvalue weighted by Gasteiger charge is 2.38. The van der Waals surface area contributed by atoms with E-state index in [0.717, 1.165) is 36.9 Å². The second kappa shape index (κ2) is 15.8. The SMILES string of the molecule is N=C(N)c1cccc(C(CCCCc2ccc(N)cc2)CC(=O)O)c1.O=C(O)C(F)(F)F.O=C(O)C(F)(F)F. The van der Waals surface area contributed by atoms with Gasteiger partial charge in [-0.1, -0.05) is 36.8 Å². The minimum absolute atomic E-state index is 0.000671. The topological polar surface area (TPSA) is 188 Å². The molecular weight excluding hydrogens is 540 g/mol. The molecule has 0 saturated carbocycles. The normalized spacial score (nSPS) is 11.6. The Kier molecular flexibility index (Phi) is 14.1. The third-order valence-electron chi connectivity index (χ3n) is 4.82. The Balaban J connectivity index is 0.000000848. The number of benzene rings is 2. The van der Waals surface area contributed by atoms with Crippen LogP contribution in [0.3, 0.4) is 0 Å². The third kappa shape index (κ3) is 15.5. The second-order valence-corrected chi connectivity index (χ2v) is 7.93. The molecule has 1 unspecified atom stereocenters. The van der Waals surface area contributed by atoms with Crippen LogP contribution in [0.1, 0.15) is 48.3 Å². The zero-order valence-electron chi connectivity index (χ0n) is 20.2. The van der Waals surface area contributed by atoms with Crippen molar-refractivity contribution in [1.29, 1.82) is 5.41 Å². The summed E-state index contributed by atoms with van der Waals surface area (Å²) in [6, 6.07) is 15.2. The summed E-state index contributed by atoms with van der Waals surface area (Å²) < 4.78 is 63.5. The van der Waals surface area contributed by atoms with Gasteiger partial charge in [-0.25, -0.2) is 9.59 Å². The first-order chi connectivity index (χ1) is 17.8. The van der Waals surface area contributed by atoms with Gasteiger partial charge < -0.3 is 26.8 Å². The van der Waals surface area contributed by atoms with Crippen molar-refractivity contribution in [2.24, 2.45) is 5.73 Å². The van der Waals surface area contributed by atoms with E-state index < -0.39 is 30.3 Å². The van der Waals surface area contributed by atoms with E-state index in [4.69, 9.17) is 36.7 Å². The van der Waals surface area contributed by atoms with E-state index >= 15 is 0 Å². The summed E-state index contributed by atoms with van der Waals surface area (Å²) in [6.45, 7) is 0. The van der Waals surface area contributed by atoms with E-state index in [9.17, 15) is 36.2 Å². The number of aryl methyl sites for hydroxylation is 1. The minimum Gasteiger partial charge on any atom is -0.481 e. The van der Waals surface area contributed by atoms with Crippen LogP contribution in [0.5, 0.6) is 0 Å². The van der Waals surface area contributed by atoms with Gasteiger partial charge in [0.1, 0.15) is 5.84 Å². The predicted octanol–water partition coefficient (Wildman–Crippen LogP) is 4.79. The first kappa shape index (κ1) is 34.7. The van der Waals surface area contributed by atoms with Crippen molar-refractivity contribution in [2.45, 2.75) is 50.4 Å². The molecule has 0 heterocycles. The van der Waals surface area contributed by atoms with Crippen LogP contribution in [-0.4, -0.2) is 51.4 Å². The van der Waals surface area contributed by atoms with Crippen molar-refractivity contribution in [2.75, 3.05) is 5.73 Å². The number of carboxylic acids is 3. The van der Waals surface area contributed by atoms with E-state index in [1.165, 1.54) is 5.56 Å². The molecule has 0 radical (unpaired) electrons. The molecule has 8 N–H and O–H groups in total. The van der Waals surface area contributed by atoms with E-state index in [2.05, 4.69) is 0 Å². The van der Waals surface area contributed by atoms with Crippen LogP contribution < -0.4 is 11.5 Å². The van der Waals surface area contributed by atoms with Gasteiger partial charge in [-0.2, -0.15) is 26.3 Å². The van der Waals surface area contributed by atoms with Gasteiger partial charge in [0.15, 0.2) is 0 Å². The van der Waals surface area contributed by atoms with Gasteiger partial charge in [-0.15, -0.1) is 0 Å². The molecule has 0 aliphatic heterocycles. The van der Waals surface area contributed by atoms with Crippen LogP contribution in [0.2, 0.25) is 0 Å². The van der Waals surface area contributed by atoms with Crippen LogP contribution in [0, 0.1) is 5.41 Å². The number of hydrogen-bond donors (Lipinski definition) is 6. The lowest BCUT2D eigenvalue weighted by molar-refractivity contribution is -0.193. The van der Waals surface area contributed by atoms with E-state index in [1.807, 2.05) is 42.5 Å². The van der Waals surface area contributed by atoms with Gasteiger partial charge >= 0.3 is 30.3 Å². The maximum absolute atomic E-state index is 11.2. The summed E-state index contributed by atoms with van der Waals surface area (Å²) in [5.74, 6) is -6.39. The Morgan fingerprint density at radius 2 is 1.33 bits per heavy atom. The van der Waals surface area contributed by atoms with Crippen LogP contribution in [0.15, 0.2) is 48.5 Å². The first-order valence-electron chi connectivity index (χ1n) is 10.9. The Hall–Kier alpha value is -4.30. The van der Waals surface area contributed by atoms with Crippen molar-refractivity contribution in [3.63, 3.8) is 0 Å². The molecule has 39 heavy (non-hydrogen) atoms. The molecule has 2 rings (SSSR count). The molecule has 1 atom stereocenters. The molecule has 0 fully saturated rings. The predicted molar refractivity (Wildman–Crippen MR) is 128 cm³/mol. The monoisotopic (exact) mass is 567 g/mol. The van der Waals surface area contributed by atoms with E-state index in [-0.39, 0.29) is 18.2 Å². The van der Waals surface area contributed by atoms with Crippen molar-refractivity contribution in [1.82, 2.24) is 0 Å². The standard InChI is InChI=1S/C20H25N3O2.2C2HF3O2/c21-18-10-8-14(9-11-18)4-1-2-5-16(13-19(24)25)15-6-3-7-17(12-15)20(22)23;2*3-2(4,5)1(6)7/h3,6-12,16H,1-2,4-5,13,21H2,(H3,22,23)(H,24,25);2*(H,6,7). The zero-order chi connectivity index (χ0) is 30.4. The molecule has 2 aromatic rings. The molecule has 2 aromatic carbocycles. The molecule has 9 nitrogen and oxygen atoms in total. The fourth-order valence-electron chi connectivity index (χ4n) is 2.96. The third-order valence-corrected chi connectivity index (χ3v) is 4.82. The highest BCUT2D eigenvalue weighted by atomic mass is 19.4. The summed E-state index contributed by atoms with van der Waals surface area (Å²) in [5.41, 5.74) is 14.8. The molecule has 0 spiro atoms. The number of nitrogen functional groups attached to an aromatic ring is 2. The number of alkyl halides is 6. The number of carbonyl (C=O) groups is 3. The number of nitrogens with two attached hydrogens (primary N) is 2. The fraction of sp³-hybridized carbons (Fsp3) is 0.333. The van der Waals surface area contributed by atoms with Gasteiger partial charge in [-0.05, 0) is 54.5 Å². The highest BCUT2D eigenvalue weighted by Crippen LogP contribution is 2.27. The smallest absolute Gasteiger partial charge is 0.481 e. The number of rotatable bonds is 9. The maximum Gasteiger partial charge on any atom is 0.490 e. The lowest BCUT2D eigenvalue weighted by atomic mass is 9.89. The first-order valence-corrected chi connectivity index (χ1v) is 10.9. The molecule has 216 valence electrons. The van der Waals surface area contributed by atoms with Crippen molar-refractivity contribution < 1.29 is 56.0 Å². The largest absolute Gasteiger partial charge is 0.490 e. The molecule has 0 aliphatic carbocycles. The number of unbranched alkanes of at least 4 members (excludes halogenated alkanes) is 1. The fourth-order valence-corrected chi connectivity index (χ4v) is 2.96. The lowest BCUT2D eigenvalue weighted by Gasteiger charge is -2.16. The number of nitrogens with one attached hydrogen (secondary N) is 1. The number of carboxylic acid groups (broad SMARTS) is 3. The number of amidine groups is 1. The maximum atomic E-state index is 11.2. The average Bonchev–Trinajstić information content (AvgIpc) is 2.81. The summed E-state index contributed by atoms with van der Waals surface area (Å²) in [6.07, 6.45) is -6.40. The van der Waals surface area contributed by atoms with Gasteiger partial charge in [0.05, 0.1) is 6.42 Å². The van der Waals surface area contributed by atoms with Crippen LogP contribution in [0.25, 0.3) is 0 Å². The summed E-state index contributed by atoms with van der Waals surface area (Å²) in [4.78, 5) is 29.0. The zero-order valence-corrected chi connectivity index (χ0v) is 20.2. The Morgan fingerprint density at radius 1 is 0.846 bits per heavy atom. The Morgan fingerprint density at radius 3 is 1.74 bits per heavy atom. The second-order valence-electron chi connectivity index (χ2n) is 7.93. The molecule has 0 amide bonds. The van der Waals surface area contributed by atoms with Gasteiger partial charge in [0, 0.05) is 11.3 Å². The van der Waals surface area contributed by atoms with Crippen molar-refractivity contribution >= 4 is 29.4 Å². The van der Waals surface area contributed by atoms with Crippen molar-refractivity contribution in [3.05, 3.63) is 65.2 Å².